The van der Waals surface area contributed by atoms with Gasteiger partial charge in [-0.15, -0.1) is 11.8 Å². The van der Waals surface area contributed by atoms with Crippen LogP contribution in [0.2, 0.25) is 5.15 Å². The van der Waals surface area contributed by atoms with Crippen LogP contribution in [0.15, 0.2) is 11.1 Å². The molecule has 0 N–H and O–H groups in total. The summed E-state index contributed by atoms with van der Waals surface area (Å²) in [5.41, 5.74) is 0. The van der Waals surface area contributed by atoms with E-state index < -0.39 is 0 Å². The number of hydrogen-bond acceptors (Lipinski definition) is 3. The Bertz CT molecular complexity index is 331. The summed E-state index contributed by atoms with van der Waals surface area (Å²) in [7, 11) is 0. The largest absolute Gasteiger partial charge is 0.226 e. The molecule has 0 fully saturated rings. The zero-order valence-electron chi connectivity index (χ0n) is 10.2. The second kappa shape index (κ2) is 7.13. The minimum absolute atomic E-state index is 0.560. The fourth-order valence-electron chi connectivity index (χ4n) is 1.20. The number of aryl methyl sites for hydroxylation is 1. The molecule has 1 aromatic heterocycles. The molecule has 0 radical (unpaired) electrons. The molecule has 1 heterocycles. The Balaban J connectivity index is 2.64. The van der Waals surface area contributed by atoms with Gasteiger partial charge in [0, 0.05) is 18.2 Å². The molecule has 1 rings (SSSR count). The number of halogens is 1. The van der Waals surface area contributed by atoms with Crippen LogP contribution in [0.1, 0.15) is 39.4 Å². The highest BCUT2D eigenvalue weighted by Gasteiger charge is 2.05. The summed E-state index contributed by atoms with van der Waals surface area (Å²) in [6, 6.07) is 1.85. The Hall–Kier alpha value is -0.280. The summed E-state index contributed by atoms with van der Waals surface area (Å²) in [6.45, 7) is 6.58. The van der Waals surface area contributed by atoms with E-state index in [-0.39, 0.29) is 0 Å². The van der Waals surface area contributed by atoms with E-state index in [0.717, 1.165) is 29.4 Å². The first-order valence-electron chi connectivity index (χ1n) is 5.82. The molecule has 16 heavy (non-hydrogen) atoms. The topological polar surface area (TPSA) is 25.8 Å². The molecule has 0 aliphatic carbocycles. The number of hydrogen-bond donors (Lipinski definition) is 0. The van der Waals surface area contributed by atoms with Gasteiger partial charge < -0.3 is 0 Å². The molecule has 4 heteroatoms. The third kappa shape index (κ3) is 4.71. The van der Waals surface area contributed by atoms with Crippen LogP contribution in [0.25, 0.3) is 0 Å². The molecule has 1 unspecified atom stereocenters. The first-order valence-corrected chi connectivity index (χ1v) is 7.18. The Labute approximate surface area is 107 Å². The van der Waals surface area contributed by atoms with Gasteiger partial charge in [-0.25, -0.2) is 9.97 Å². The van der Waals surface area contributed by atoms with E-state index in [1.165, 1.54) is 6.42 Å². The van der Waals surface area contributed by atoms with Crippen molar-refractivity contribution < 1.29 is 0 Å². The lowest BCUT2D eigenvalue weighted by molar-refractivity contribution is 0.636. The van der Waals surface area contributed by atoms with Crippen molar-refractivity contribution in [3.8, 4) is 0 Å². The van der Waals surface area contributed by atoms with Gasteiger partial charge in [-0.05, 0) is 12.3 Å². The van der Waals surface area contributed by atoms with Gasteiger partial charge in [0.2, 0.25) is 0 Å². The van der Waals surface area contributed by atoms with Gasteiger partial charge in [-0.3, -0.25) is 0 Å². The van der Waals surface area contributed by atoms with Gasteiger partial charge in [0.1, 0.15) is 16.0 Å². The second-order valence-corrected chi connectivity index (χ2v) is 5.45. The predicted octanol–water partition coefficient (Wildman–Crippen LogP) is 4.22. The van der Waals surface area contributed by atoms with Crippen molar-refractivity contribution in [2.45, 2.75) is 45.1 Å². The lowest BCUT2D eigenvalue weighted by atomic mass is 10.2. The average molecular weight is 259 g/mol. The minimum Gasteiger partial charge on any atom is -0.226 e. The van der Waals surface area contributed by atoms with Gasteiger partial charge in [0.05, 0.1) is 0 Å². The van der Waals surface area contributed by atoms with E-state index in [4.69, 9.17) is 11.6 Å². The predicted molar refractivity (Wildman–Crippen MR) is 71.2 cm³/mol. The van der Waals surface area contributed by atoms with E-state index in [0.29, 0.717) is 11.1 Å². The number of rotatable bonds is 6. The first-order chi connectivity index (χ1) is 7.65. The fourth-order valence-corrected chi connectivity index (χ4v) is 2.52. The van der Waals surface area contributed by atoms with Gasteiger partial charge in [0.25, 0.3) is 0 Å². The third-order valence-corrected chi connectivity index (χ3v) is 3.84. The van der Waals surface area contributed by atoms with Gasteiger partial charge >= 0.3 is 0 Å². The Kier molecular flexibility index (Phi) is 6.14. The monoisotopic (exact) mass is 258 g/mol. The van der Waals surface area contributed by atoms with Crippen LogP contribution in [0, 0.1) is 5.92 Å². The van der Waals surface area contributed by atoms with Gasteiger partial charge in [0.15, 0.2) is 0 Å². The van der Waals surface area contributed by atoms with Crippen molar-refractivity contribution in [2.75, 3.05) is 5.75 Å². The molecule has 1 atom stereocenters. The maximum absolute atomic E-state index is 5.97. The molecule has 0 aliphatic heterocycles. The number of nitrogens with zero attached hydrogens (tertiary/aromatic N) is 2. The zero-order chi connectivity index (χ0) is 12.0. The summed E-state index contributed by atoms with van der Waals surface area (Å²) in [6.07, 6.45) is 3.15. The van der Waals surface area contributed by atoms with Crippen molar-refractivity contribution in [1.29, 1.82) is 0 Å². The first kappa shape index (κ1) is 13.8. The van der Waals surface area contributed by atoms with Crippen molar-refractivity contribution in [2.24, 2.45) is 5.92 Å². The van der Waals surface area contributed by atoms with E-state index in [2.05, 4.69) is 30.7 Å². The zero-order valence-corrected chi connectivity index (χ0v) is 11.7. The lowest BCUT2D eigenvalue weighted by Crippen LogP contribution is -1.99. The summed E-state index contributed by atoms with van der Waals surface area (Å²) < 4.78 is 0. The number of thioether (sulfide) groups is 1. The highest BCUT2D eigenvalue weighted by molar-refractivity contribution is 7.99. The van der Waals surface area contributed by atoms with Crippen molar-refractivity contribution >= 4 is 23.4 Å². The molecule has 0 aliphatic rings. The van der Waals surface area contributed by atoms with Crippen molar-refractivity contribution in [3.05, 3.63) is 17.0 Å². The summed E-state index contributed by atoms with van der Waals surface area (Å²) in [4.78, 5) is 8.71. The second-order valence-electron chi connectivity index (χ2n) is 4.02. The lowest BCUT2D eigenvalue weighted by Gasteiger charge is -2.08. The molecule has 2 nitrogen and oxygen atoms in total. The molecule has 90 valence electrons. The molecule has 1 aromatic rings. The highest BCUT2D eigenvalue weighted by Crippen LogP contribution is 2.22. The van der Waals surface area contributed by atoms with Crippen LogP contribution < -0.4 is 0 Å². The van der Waals surface area contributed by atoms with E-state index in [1.807, 2.05) is 6.07 Å². The van der Waals surface area contributed by atoms with Crippen LogP contribution in [0.5, 0.6) is 0 Å². The van der Waals surface area contributed by atoms with E-state index >= 15 is 0 Å². The molecule has 0 amide bonds. The fraction of sp³-hybridized carbons (Fsp3) is 0.667. The highest BCUT2D eigenvalue weighted by atomic mass is 35.5. The molecular weight excluding hydrogens is 240 g/mol. The molecular formula is C12H19ClN2S. The van der Waals surface area contributed by atoms with E-state index in [9.17, 15) is 0 Å². The van der Waals surface area contributed by atoms with Crippen LogP contribution in [-0.4, -0.2) is 15.7 Å². The van der Waals surface area contributed by atoms with Crippen molar-refractivity contribution in [1.82, 2.24) is 9.97 Å². The van der Waals surface area contributed by atoms with E-state index in [1.54, 1.807) is 11.8 Å². The smallest absolute Gasteiger partial charge is 0.133 e. The molecule has 0 bridgehead atoms. The van der Waals surface area contributed by atoms with Gasteiger partial charge in [-0.2, -0.15) is 0 Å². The minimum atomic E-state index is 0.560. The normalized spacial score (nSPS) is 12.8. The van der Waals surface area contributed by atoms with Crippen LogP contribution in [0.4, 0.5) is 0 Å². The number of aromatic nitrogens is 2. The van der Waals surface area contributed by atoms with Crippen LogP contribution in [0.3, 0.4) is 0 Å². The standard InChI is InChI=1S/C12H19ClN2S/c1-4-6-11-14-10(13)7-12(15-11)16-8-9(3)5-2/h7,9H,4-6,8H2,1-3H3. The van der Waals surface area contributed by atoms with Crippen LogP contribution in [-0.2, 0) is 6.42 Å². The maximum atomic E-state index is 5.97. The summed E-state index contributed by atoms with van der Waals surface area (Å²) in [5, 5.41) is 1.56. The SMILES string of the molecule is CCCc1nc(Cl)cc(SCC(C)CC)n1. The molecule has 0 aromatic carbocycles. The Morgan fingerprint density at radius 1 is 1.38 bits per heavy atom. The summed E-state index contributed by atoms with van der Waals surface area (Å²) in [5.74, 6) is 2.67. The third-order valence-electron chi connectivity index (χ3n) is 2.40. The Morgan fingerprint density at radius 2 is 2.12 bits per heavy atom. The Morgan fingerprint density at radius 3 is 2.75 bits per heavy atom. The average Bonchev–Trinajstić information content (AvgIpc) is 2.25. The quantitative estimate of drug-likeness (QED) is 0.564. The molecule has 0 saturated heterocycles. The summed E-state index contributed by atoms with van der Waals surface area (Å²) >= 11 is 7.74. The molecule has 0 spiro atoms. The van der Waals surface area contributed by atoms with Crippen LogP contribution >= 0.6 is 23.4 Å². The van der Waals surface area contributed by atoms with Crippen molar-refractivity contribution in [3.63, 3.8) is 0 Å². The van der Waals surface area contributed by atoms with Gasteiger partial charge in [-0.1, -0.05) is 38.8 Å². The molecule has 0 saturated carbocycles. The maximum Gasteiger partial charge on any atom is 0.133 e.